The first-order valence-corrected chi connectivity index (χ1v) is 9.44. The lowest BCUT2D eigenvalue weighted by molar-refractivity contribution is -0.137. The molecule has 0 atom stereocenters. The molecular weight excluding hydrogens is 361 g/mol. The summed E-state index contributed by atoms with van der Waals surface area (Å²) in [5, 5.41) is 5.46. The van der Waals surface area contributed by atoms with Gasteiger partial charge in [0.15, 0.2) is 9.84 Å². The number of hydrogen-bond acceptors (Lipinski definition) is 6. The predicted molar refractivity (Wildman–Crippen MR) is 85.8 cm³/mol. The number of carbonyl (C=O) groups is 1. The number of sulfone groups is 1. The SMILES string of the molecule is O=C(CN1CCS(=O)(=O)CC1)NCCNc1ccc(C(F)(F)F)cn1. The minimum Gasteiger partial charge on any atom is -0.368 e. The zero-order valence-corrected chi connectivity index (χ0v) is 14.2. The van der Waals surface area contributed by atoms with E-state index >= 15 is 0 Å². The molecule has 0 aromatic carbocycles. The van der Waals surface area contributed by atoms with E-state index in [4.69, 9.17) is 0 Å². The molecule has 1 saturated heterocycles. The highest BCUT2D eigenvalue weighted by Gasteiger charge is 2.30. The lowest BCUT2D eigenvalue weighted by Gasteiger charge is -2.25. The predicted octanol–water partition coefficient (Wildman–Crippen LogP) is 0.359. The third-order valence-corrected chi connectivity index (χ3v) is 5.26. The summed E-state index contributed by atoms with van der Waals surface area (Å²) in [6.07, 6.45) is -3.68. The van der Waals surface area contributed by atoms with Gasteiger partial charge in [0.2, 0.25) is 5.91 Å². The van der Waals surface area contributed by atoms with Gasteiger partial charge in [0.05, 0.1) is 23.6 Å². The minimum atomic E-state index is -4.42. The number of hydrogen-bond donors (Lipinski definition) is 2. The molecule has 2 N–H and O–H groups in total. The molecule has 0 saturated carbocycles. The molecule has 140 valence electrons. The Bertz CT molecular complexity index is 678. The van der Waals surface area contributed by atoms with E-state index < -0.39 is 21.6 Å². The number of anilines is 1. The zero-order valence-electron chi connectivity index (χ0n) is 13.3. The second-order valence-corrected chi connectivity index (χ2v) is 7.94. The summed E-state index contributed by atoms with van der Waals surface area (Å²) in [6.45, 7) is 1.37. The number of nitrogens with zero attached hydrogens (tertiary/aromatic N) is 2. The van der Waals surface area contributed by atoms with E-state index in [1.54, 1.807) is 4.90 Å². The van der Waals surface area contributed by atoms with Crippen LogP contribution in [0, 0.1) is 0 Å². The van der Waals surface area contributed by atoms with Crippen LogP contribution >= 0.6 is 0 Å². The fourth-order valence-electron chi connectivity index (χ4n) is 2.23. The van der Waals surface area contributed by atoms with Gasteiger partial charge < -0.3 is 10.6 Å². The smallest absolute Gasteiger partial charge is 0.368 e. The molecular formula is C14H19F3N4O3S. The van der Waals surface area contributed by atoms with E-state index in [1.165, 1.54) is 6.07 Å². The standard InChI is InChI=1S/C14H19F3N4O3S/c15-14(16,17)11-1-2-12(20-9-11)18-3-4-19-13(22)10-21-5-7-25(23,24)8-6-21/h1-2,9H,3-8,10H2,(H,18,20)(H,19,22). The molecule has 7 nitrogen and oxygen atoms in total. The van der Waals surface area contributed by atoms with Crippen LogP contribution in [-0.4, -0.2) is 68.4 Å². The van der Waals surface area contributed by atoms with Gasteiger partial charge in [0.1, 0.15) is 5.82 Å². The van der Waals surface area contributed by atoms with Gasteiger partial charge in [-0.15, -0.1) is 0 Å². The maximum Gasteiger partial charge on any atom is 0.417 e. The molecule has 1 fully saturated rings. The molecule has 0 spiro atoms. The number of alkyl halides is 3. The summed E-state index contributed by atoms with van der Waals surface area (Å²) in [4.78, 5) is 17.2. The van der Waals surface area contributed by atoms with Crippen molar-refractivity contribution in [3.8, 4) is 0 Å². The van der Waals surface area contributed by atoms with Crippen LogP contribution in [0.3, 0.4) is 0 Å². The van der Waals surface area contributed by atoms with E-state index in [2.05, 4.69) is 15.6 Å². The Morgan fingerprint density at radius 3 is 2.44 bits per heavy atom. The van der Waals surface area contributed by atoms with Crippen molar-refractivity contribution in [3.05, 3.63) is 23.9 Å². The molecule has 11 heteroatoms. The fourth-order valence-corrected chi connectivity index (χ4v) is 3.50. The first-order valence-electron chi connectivity index (χ1n) is 7.62. The Kier molecular flexibility index (Phi) is 6.22. The highest BCUT2D eigenvalue weighted by atomic mass is 32.2. The highest BCUT2D eigenvalue weighted by Crippen LogP contribution is 2.28. The average Bonchev–Trinajstić information content (AvgIpc) is 2.53. The number of nitrogens with one attached hydrogen (secondary N) is 2. The Labute approximate surface area is 143 Å². The molecule has 2 heterocycles. The topological polar surface area (TPSA) is 91.4 Å². The molecule has 1 aromatic heterocycles. The van der Waals surface area contributed by atoms with Crippen molar-refractivity contribution in [1.29, 1.82) is 0 Å². The highest BCUT2D eigenvalue weighted by molar-refractivity contribution is 7.91. The molecule has 2 rings (SSSR count). The van der Waals surface area contributed by atoms with Gasteiger partial charge in [0.25, 0.3) is 0 Å². The molecule has 1 amide bonds. The van der Waals surface area contributed by atoms with E-state index in [9.17, 15) is 26.4 Å². The lowest BCUT2D eigenvalue weighted by Crippen LogP contribution is -2.45. The van der Waals surface area contributed by atoms with Gasteiger partial charge in [-0.2, -0.15) is 13.2 Å². The summed E-state index contributed by atoms with van der Waals surface area (Å²) >= 11 is 0. The monoisotopic (exact) mass is 380 g/mol. The van der Waals surface area contributed by atoms with Crippen molar-refractivity contribution in [1.82, 2.24) is 15.2 Å². The van der Waals surface area contributed by atoms with Gasteiger partial charge in [-0.3, -0.25) is 9.69 Å². The Hall–Kier alpha value is -1.88. The number of rotatable bonds is 6. The third kappa shape index (κ3) is 6.50. The van der Waals surface area contributed by atoms with Crippen LogP contribution in [0.5, 0.6) is 0 Å². The van der Waals surface area contributed by atoms with E-state index in [-0.39, 0.29) is 36.3 Å². The Morgan fingerprint density at radius 1 is 1.20 bits per heavy atom. The van der Waals surface area contributed by atoms with Crippen LogP contribution in [0.1, 0.15) is 5.56 Å². The molecule has 1 aromatic rings. The van der Waals surface area contributed by atoms with E-state index in [0.717, 1.165) is 12.3 Å². The number of pyridine rings is 1. The van der Waals surface area contributed by atoms with Gasteiger partial charge in [-0.25, -0.2) is 13.4 Å². The van der Waals surface area contributed by atoms with Crippen molar-refractivity contribution in [3.63, 3.8) is 0 Å². The van der Waals surface area contributed by atoms with Gasteiger partial charge in [-0.1, -0.05) is 0 Å². The normalized spacial score (nSPS) is 17.9. The summed E-state index contributed by atoms with van der Waals surface area (Å²) in [6, 6.07) is 2.15. The zero-order chi connectivity index (χ0) is 18.5. The van der Waals surface area contributed by atoms with Crippen LogP contribution < -0.4 is 10.6 Å². The van der Waals surface area contributed by atoms with Crippen molar-refractivity contribution in [2.45, 2.75) is 6.18 Å². The Morgan fingerprint density at radius 2 is 1.88 bits per heavy atom. The van der Waals surface area contributed by atoms with E-state index in [1.807, 2.05) is 0 Å². The van der Waals surface area contributed by atoms with Crippen molar-refractivity contribution in [2.24, 2.45) is 0 Å². The number of aromatic nitrogens is 1. The summed E-state index contributed by atoms with van der Waals surface area (Å²) in [5.74, 6) is 0.160. The van der Waals surface area contributed by atoms with Crippen molar-refractivity contribution >= 4 is 21.6 Å². The van der Waals surface area contributed by atoms with Gasteiger partial charge in [-0.05, 0) is 12.1 Å². The summed E-state index contributed by atoms with van der Waals surface area (Å²) in [5.41, 5.74) is -0.824. The summed E-state index contributed by atoms with van der Waals surface area (Å²) < 4.78 is 59.8. The Balaban J connectivity index is 1.65. The largest absolute Gasteiger partial charge is 0.417 e. The molecule has 0 aliphatic carbocycles. The molecule has 0 bridgehead atoms. The number of halogens is 3. The molecule has 0 unspecified atom stereocenters. The number of amides is 1. The molecule has 25 heavy (non-hydrogen) atoms. The molecule has 1 aliphatic heterocycles. The van der Waals surface area contributed by atoms with Crippen LogP contribution in [0.25, 0.3) is 0 Å². The molecule has 1 aliphatic rings. The van der Waals surface area contributed by atoms with Crippen LogP contribution in [-0.2, 0) is 20.8 Å². The quantitative estimate of drug-likeness (QED) is 0.693. The fraction of sp³-hybridized carbons (Fsp3) is 0.571. The van der Waals surface area contributed by atoms with Gasteiger partial charge >= 0.3 is 6.18 Å². The van der Waals surface area contributed by atoms with Gasteiger partial charge in [0, 0.05) is 32.4 Å². The lowest BCUT2D eigenvalue weighted by atomic mass is 10.3. The maximum absolute atomic E-state index is 12.4. The number of carbonyl (C=O) groups excluding carboxylic acids is 1. The van der Waals surface area contributed by atoms with Crippen molar-refractivity contribution < 1.29 is 26.4 Å². The average molecular weight is 380 g/mol. The summed E-state index contributed by atoms with van der Waals surface area (Å²) in [7, 11) is -2.98. The van der Waals surface area contributed by atoms with E-state index in [0.29, 0.717) is 19.6 Å². The molecule has 0 radical (unpaired) electrons. The maximum atomic E-state index is 12.4. The minimum absolute atomic E-state index is 0.0570. The first kappa shape index (κ1) is 19.4. The van der Waals surface area contributed by atoms with Crippen LogP contribution in [0.15, 0.2) is 18.3 Å². The first-order chi connectivity index (χ1) is 11.7. The second-order valence-electron chi connectivity index (χ2n) is 5.63. The third-order valence-electron chi connectivity index (χ3n) is 3.65. The second kappa shape index (κ2) is 8.00. The van der Waals surface area contributed by atoms with Crippen LogP contribution in [0.2, 0.25) is 0 Å². The van der Waals surface area contributed by atoms with Crippen LogP contribution in [0.4, 0.5) is 19.0 Å². The van der Waals surface area contributed by atoms with Crippen molar-refractivity contribution in [2.75, 3.05) is 49.5 Å².